The highest BCUT2D eigenvalue weighted by Crippen LogP contribution is 2.36. The number of ether oxygens (including phenoxy) is 4. The molecule has 0 aliphatic carbocycles. The highest BCUT2D eigenvalue weighted by molar-refractivity contribution is 7.27. The summed E-state index contributed by atoms with van der Waals surface area (Å²) in [7, 11) is 7.60. The van der Waals surface area contributed by atoms with E-state index in [1.165, 1.54) is 0 Å². The van der Waals surface area contributed by atoms with Crippen molar-refractivity contribution in [2.75, 3.05) is 54.2 Å². The van der Waals surface area contributed by atoms with E-state index in [0.717, 1.165) is 31.5 Å². The maximum atomic E-state index is 5.88. The third-order valence-corrected chi connectivity index (χ3v) is 3.53. The van der Waals surface area contributed by atoms with Gasteiger partial charge in [-0.05, 0) is 24.0 Å². The van der Waals surface area contributed by atoms with Gasteiger partial charge in [-0.1, -0.05) is 6.92 Å². The Morgan fingerprint density at radius 1 is 1.00 bits per heavy atom. The molecule has 0 saturated carbocycles. The molecule has 0 aliphatic heterocycles. The fraction of sp³-hybridized carbons (Fsp3) is 0.600. The molecule has 0 heterocycles. The second-order valence-corrected chi connectivity index (χ2v) is 5.20. The van der Waals surface area contributed by atoms with E-state index < -0.39 is 0 Å². The standard InChI is InChI=1S/C15H26NO4P/c1-5-16(6-8-17-2)7-9-20-15-13(18-3)10-12(21)11-14(15)19-4/h10-11H,5-9,21H2,1-4H3. The number of methoxy groups -OCH3 is 3. The van der Waals surface area contributed by atoms with Crippen LogP contribution < -0.4 is 19.5 Å². The van der Waals surface area contributed by atoms with Gasteiger partial charge in [0.2, 0.25) is 5.75 Å². The molecule has 0 N–H and O–H groups in total. The number of hydrogen-bond acceptors (Lipinski definition) is 5. The average molecular weight is 315 g/mol. The first kappa shape index (κ1) is 18.0. The van der Waals surface area contributed by atoms with Crippen LogP contribution in [-0.2, 0) is 4.74 Å². The Hall–Kier alpha value is -1.03. The minimum atomic E-state index is 0.570. The quantitative estimate of drug-likeness (QED) is 0.613. The van der Waals surface area contributed by atoms with E-state index in [0.29, 0.717) is 23.9 Å². The molecule has 0 spiro atoms. The lowest BCUT2D eigenvalue weighted by Gasteiger charge is -2.21. The van der Waals surface area contributed by atoms with Gasteiger partial charge in [0, 0.05) is 20.2 Å². The summed E-state index contributed by atoms with van der Waals surface area (Å²) in [5.41, 5.74) is 0. The van der Waals surface area contributed by atoms with Crippen molar-refractivity contribution in [2.24, 2.45) is 0 Å². The lowest BCUT2D eigenvalue weighted by molar-refractivity contribution is 0.137. The van der Waals surface area contributed by atoms with Crippen LogP contribution in [0.1, 0.15) is 6.92 Å². The monoisotopic (exact) mass is 315 g/mol. The fourth-order valence-electron chi connectivity index (χ4n) is 1.97. The summed E-state index contributed by atoms with van der Waals surface area (Å²) < 4.78 is 21.7. The van der Waals surface area contributed by atoms with Gasteiger partial charge in [-0.15, -0.1) is 9.24 Å². The van der Waals surface area contributed by atoms with Gasteiger partial charge < -0.3 is 18.9 Å². The van der Waals surface area contributed by atoms with Crippen molar-refractivity contribution in [2.45, 2.75) is 6.92 Å². The Bertz CT molecular complexity index is 403. The van der Waals surface area contributed by atoms with E-state index >= 15 is 0 Å². The molecule has 1 rings (SSSR count). The molecule has 1 aromatic carbocycles. The molecular weight excluding hydrogens is 289 g/mol. The summed E-state index contributed by atoms with van der Waals surface area (Å²) >= 11 is 0. The molecule has 1 atom stereocenters. The van der Waals surface area contributed by atoms with Crippen LogP contribution in [-0.4, -0.2) is 59.1 Å². The zero-order valence-electron chi connectivity index (χ0n) is 13.3. The minimum Gasteiger partial charge on any atom is -0.493 e. The number of benzene rings is 1. The molecule has 0 amide bonds. The van der Waals surface area contributed by atoms with Gasteiger partial charge in [-0.3, -0.25) is 4.90 Å². The molecule has 0 radical (unpaired) electrons. The van der Waals surface area contributed by atoms with Crippen molar-refractivity contribution in [3.8, 4) is 17.2 Å². The summed E-state index contributed by atoms with van der Waals surface area (Å²) in [5.74, 6) is 2.01. The van der Waals surface area contributed by atoms with E-state index in [9.17, 15) is 0 Å². The van der Waals surface area contributed by atoms with Crippen LogP contribution in [0.2, 0.25) is 0 Å². The maximum absolute atomic E-state index is 5.88. The smallest absolute Gasteiger partial charge is 0.203 e. The normalized spacial score (nSPS) is 10.8. The van der Waals surface area contributed by atoms with Crippen LogP contribution in [0.3, 0.4) is 0 Å². The third-order valence-electron chi connectivity index (χ3n) is 3.20. The van der Waals surface area contributed by atoms with Gasteiger partial charge in [0.1, 0.15) is 6.61 Å². The predicted octanol–water partition coefficient (Wildman–Crippen LogP) is 1.55. The molecule has 1 aromatic rings. The number of hydrogen-bond donors (Lipinski definition) is 0. The molecule has 21 heavy (non-hydrogen) atoms. The molecule has 120 valence electrons. The topological polar surface area (TPSA) is 40.2 Å². The van der Waals surface area contributed by atoms with Gasteiger partial charge >= 0.3 is 0 Å². The van der Waals surface area contributed by atoms with Gasteiger partial charge in [-0.2, -0.15) is 0 Å². The van der Waals surface area contributed by atoms with E-state index in [1.54, 1.807) is 21.3 Å². The average Bonchev–Trinajstić information content (AvgIpc) is 2.50. The first-order chi connectivity index (χ1) is 10.2. The molecule has 0 bridgehead atoms. The number of rotatable bonds is 10. The summed E-state index contributed by atoms with van der Waals surface area (Å²) in [5, 5.41) is 0.992. The van der Waals surface area contributed by atoms with Crippen molar-refractivity contribution < 1.29 is 18.9 Å². The van der Waals surface area contributed by atoms with Gasteiger partial charge in [0.15, 0.2) is 11.5 Å². The van der Waals surface area contributed by atoms with Crippen molar-refractivity contribution in [3.05, 3.63) is 12.1 Å². The molecular formula is C15H26NO4P. The molecule has 0 saturated heterocycles. The predicted molar refractivity (Wildman–Crippen MR) is 88.4 cm³/mol. The SMILES string of the molecule is CCN(CCOC)CCOc1c(OC)cc(P)cc1OC. The second kappa shape index (κ2) is 9.82. The van der Waals surface area contributed by atoms with Crippen LogP contribution in [0.4, 0.5) is 0 Å². The minimum absolute atomic E-state index is 0.570. The number of nitrogens with zero attached hydrogens (tertiary/aromatic N) is 1. The number of likely N-dealkylation sites (N-methyl/N-ethyl adjacent to an activating group) is 1. The summed E-state index contributed by atoms with van der Waals surface area (Å²) in [6, 6.07) is 3.82. The van der Waals surface area contributed by atoms with Gasteiger partial charge in [0.25, 0.3) is 0 Å². The Balaban J connectivity index is 2.65. The highest BCUT2D eigenvalue weighted by atomic mass is 31.0. The van der Waals surface area contributed by atoms with E-state index in [1.807, 2.05) is 12.1 Å². The lowest BCUT2D eigenvalue weighted by Crippen LogP contribution is -2.31. The third kappa shape index (κ3) is 5.70. The molecule has 6 heteroatoms. The summed E-state index contributed by atoms with van der Waals surface area (Å²) in [6.07, 6.45) is 0. The Morgan fingerprint density at radius 3 is 2.05 bits per heavy atom. The Kier molecular flexibility index (Phi) is 8.43. The zero-order chi connectivity index (χ0) is 15.7. The molecule has 5 nitrogen and oxygen atoms in total. The summed E-state index contributed by atoms with van der Waals surface area (Å²) in [4.78, 5) is 2.27. The Labute approximate surface area is 129 Å². The van der Waals surface area contributed by atoms with Crippen molar-refractivity contribution >= 4 is 14.5 Å². The van der Waals surface area contributed by atoms with Crippen molar-refractivity contribution in [1.29, 1.82) is 0 Å². The second-order valence-electron chi connectivity index (χ2n) is 4.53. The first-order valence-electron chi connectivity index (χ1n) is 7.01. The zero-order valence-corrected chi connectivity index (χ0v) is 14.5. The molecule has 1 unspecified atom stereocenters. The lowest BCUT2D eigenvalue weighted by atomic mass is 10.3. The van der Waals surface area contributed by atoms with Crippen LogP contribution in [0.15, 0.2) is 12.1 Å². The maximum Gasteiger partial charge on any atom is 0.203 e. The van der Waals surface area contributed by atoms with Crippen molar-refractivity contribution in [1.82, 2.24) is 4.90 Å². The van der Waals surface area contributed by atoms with E-state index in [-0.39, 0.29) is 0 Å². The largest absolute Gasteiger partial charge is 0.493 e. The van der Waals surface area contributed by atoms with Crippen LogP contribution in [0.25, 0.3) is 0 Å². The molecule has 0 aromatic heterocycles. The van der Waals surface area contributed by atoms with Crippen LogP contribution in [0, 0.1) is 0 Å². The Morgan fingerprint density at radius 2 is 1.57 bits per heavy atom. The van der Waals surface area contributed by atoms with E-state index in [4.69, 9.17) is 18.9 Å². The van der Waals surface area contributed by atoms with E-state index in [2.05, 4.69) is 21.1 Å². The fourth-order valence-corrected chi connectivity index (χ4v) is 2.27. The highest BCUT2D eigenvalue weighted by Gasteiger charge is 2.13. The van der Waals surface area contributed by atoms with Crippen LogP contribution in [0.5, 0.6) is 17.2 Å². The van der Waals surface area contributed by atoms with Gasteiger partial charge in [-0.25, -0.2) is 0 Å². The van der Waals surface area contributed by atoms with Crippen LogP contribution >= 0.6 is 9.24 Å². The molecule has 0 fully saturated rings. The summed E-state index contributed by atoms with van der Waals surface area (Å²) in [6.45, 7) is 6.11. The van der Waals surface area contributed by atoms with Crippen molar-refractivity contribution in [3.63, 3.8) is 0 Å². The first-order valence-corrected chi connectivity index (χ1v) is 7.59. The van der Waals surface area contributed by atoms with Gasteiger partial charge in [0.05, 0.1) is 20.8 Å². The molecule has 0 aliphatic rings.